The molecule has 0 bridgehead atoms. The maximum atomic E-state index is 12.4. The molecule has 2 atom stereocenters. The van der Waals surface area contributed by atoms with Crippen molar-refractivity contribution in [3.63, 3.8) is 0 Å². The van der Waals surface area contributed by atoms with Crippen LogP contribution in [0, 0.1) is 5.92 Å². The molecule has 1 aromatic heterocycles. The van der Waals surface area contributed by atoms with Gasteiger partial charge in [-0.1, -0.05) is 48.5 Å². The zero-order valence-electron chi connectivity index (χ0n) is 14.3. The molecule has 2 aromatic carbocycles. The highest BCUT2D eigenvalue weighted by Crippen LogP contribution is 2.35. The molecule has 5 heteroatoms. The van der Waals surface area contributed by atoms with Gasteiger partial charge in [-0.25, -0.2) is 14.8 Å². The van der Waals surface area contributed by atoms with Crippen molar-refractivity contribution in [3.8, 4) is 11.3 Å². The molecule has 130 valence electrons. The van der Waals surface area contributed by atoms with Crippen LogP contribution < -0.4 is 4.90 Å². The fraction of sp³-hybridized carbons (Fsp3) is 0.286. The quantitative estimate of drug-likeness (QED) is 0.666. The first-order valence-corrected chi connectivity index (χ1v) is 9.07. The number of carbonyl (C=O) groups excluding carboxylic acids is 1. The molecule has 3 heterocycles. The third kappa shape index (κ3) is 2.43. The maximum absolute atomic E-state index is 12.4. The number of nitrogens with zero attached hydrogens (tertiary/aromatic N) is 3. The SMILES string of the molecule is O=C1OCC[C@@H]2CCN(c3nc(-c4ccccc4)c4ccccc4n3)[C@@H]12. The molecular weight excluding hydrogens is 326 g/mol. The Labute approximate surface area is 151 Å². The Bertz CT molecular complexity index is 973. The molecule has 0 N–H and O–H groups in total. The Hall–Kier alpha value is -2.95. The highest BCUT2D eigenvalue weighted by Gasteiger charge is 2.44. The summed E-state index contributed by atoms with van der Waals surface area (Å²) in [5.74, 6) is 0.817. The second-order valence-electron chi connectivity index (χ2n) is 6.90. The van der Waals surface area contributed by atoms with E-state index >= 15 is 0 Å². The van der Waals surface area contributed by atoms with Crippen LogP contribution in [0.4, 0.5) is 5.95 Å². The second-order valence-corrected chi connectivity index (χ2v) is 6.90. The lowest BCUT2D eigenvalue weighted by Gasteiger charge is -2.30. The predicted octanol–water partition coefficient (Wildman–Crippen LogP) is 3.44. The van der Waals surface area contributed by atoms with Gasteiger partial charge in [0, 0.05) is 17.5 Å². The number of hydrogen-bond acceptors (Lipinski definition) is 5. The van der Waals surface area contributed by atoms with E-state index < -0.39 is 0 Å². The number of rotatable bonds is 2. The topological polar surface area (TPSA) is 55.3 Å². The van der Waals surface area contributed by atoms with Crippen molar-refractivity contribution in [2.75, 3.05) is 18.1 Å². The fourth-order valence-electron chi connectivity index (χ4n) is 4.11. The predicted molar refractivity (Wildman–Crippen MR) is 99.8 cm³/mol. The molecule has 5 rings (SSSR count). The van der Waals surface area contributed by atoms with Crippen molar-refractivity contribution < 1.29 is 9.53 Å². The molecule has 2 fully saturated rings. The number of fused-ring (bicyclic) bond motifs is 2. The molecule has 5 nitrogen and oxygen atoms in total. The van der Waals surface area contributed by atoms with Crippen molar-refractivity contribution in [2.45, 2.75) is 18.9 Å². The summed E-state index contributed by atoms with van der Waals surface area (Å²) in [5.41, 5.74) is 2.84. The van der Waals surface area contributed by atoms with Crippen molar-refractivity contribution in [1.29, 1.82) is 0 Å². The van der Waals surface area contributed by atoms with Gasteiger partial charge in [-0.05, 0) is 24.8 Å². The van der Waals surface area contributed by atoms with E-state index in [2.05, 4.69) is 12.1 Å². The van der Waals surface area contributed by atoms with Gasteiger partial charge in [0.05, 0.1) is 17.8 Å². The highest BCUT2D eigenvalue weighted by molar-refractivity contribution is 5.93. The van der Waals surface area contributed by atoms with Gasteiger partial charge in [0.15, 0.2) is 0 Å². The van der Waals surface area contributed by atoms with E-state index in [4.69, 9.17) is 14.7 Å². The van der Waals surface area contributed by atoms with Gasteiger partial charge in [-0.15, -0.1) is 0 Å². The largest absolute Gasteiger partial charge is 0.464 e. The summed E-state index contributed by atoms with van der Waals surface area (Å²) in [7, 11) is 0. The number of hydrogen-bond donors (Lipinski definition) is 0. The summed E-state index contributed by atoms with van der Waals surface area (Å²) in [6.45, 7) is 1.32. The van der Waals surface area contributed by atoms with Crippen LogP contribution in [0.2, 0.25) is 0 Å². The molecule has 2 aliphatic heterocycles. The summed E-state index contributed by atoms with van der Waals surface area (Å²) in [4.78, 5) is 24.1. The van der Waals surface area contributed by atoms with Crippen LogP contribution in [0.1, 0.15) is 12.8 Å². The van der Waals surface area contributed by atoms with Gasteiger partial charge in [-0.2, -0.15) is 0 Å². The number of benzene rings is 2. The number of esters is 1. The van der Waals surface area contributed by atoms with Crippen LogP contribution in [0.15, 0.2) is 54.6 Å². The van der Waals surface area contributed by atoms with Crippen LogP contribution in [0.25, 0.3) is 22.2 Å². The third-order valence-corrected chi connectivity index (χ3v) is 5.39. The Kier molecular flexibility index (Phi) is 3.59. The molecule has 0 amide bonds. The first-order chi connectivity index (χ1) is 12.8. The van der Waals surface area contributed by atoms with Crippen molar-refractivity contribution >= 4 is 22.8 Å². The smallest absolute Gasteiger partial charge is 0.329 e. The van der Waals surface area contributed by atoms with Crippen LogP contribution in [-0.2, 0) is 9.53 Å². The maximum Gasteiger partial charge on any atom is 0.329 e. The van der Waals surface area contributed by atoms with Crippen molar-refractivity contribution in [2.24, 2.45) is 5.92 Å². The van der Waals surface area contributed by atoms with E-state index in [0.717, 1.165) is 41.5 Å². The standard InChI is InChI=1S/C21H19N3O2/c25-20-19-15(11-13-26-20)10-12-24(19)21-22-17-9-5-4-8-16(17)18(23-21)14-6-2-1-3-7-14/h1-9,15,19H,10-13H2/t15-,19+/m0/s1. The zero-order valence-corrected chi connectivity index (χ0v) is 14.3. The first-order valence-electron chi connectivity index (χ1n) is 9.07. The number of aromatic nitrogens is 2. The Morgan fingerprint density at radius 3 is 2.65 bits per heavy atom. The van der Waals surface area contributed by atoms with Gasteiger partial charge in [0.1, 0.15) is 6.04 Å². The van der Waals surface area contributed by atoms with Crippen molar-refractivity contribution in [3.05, 3.63) is 54.6 Å². The summed E-state index contributed by atoms with van der Waals surface area (Å²) in [6.07, 6.45) is 1.91. The molecule has 2 saturated heterocycles. The van der Waals surface area contributed by atoms with E-state index in [9.17, 15) is 4.79 Å². The molecule has 2 aliphatic rings. The molecular formula is C21H19N3O2. The molecule has 3 aromatic rings. The van der Waals surface area contributed by atoms with E-state index in [1.807, 2.05) is 47.4 Å². The number of para-hydroxylation sites is 1. The molecule has 0 aliphatic carbocycles. The summed E-state index contributed by atoms with van der Waals surface area (Å²) in [6, 6.07) is 17.9. The number of anilines is 1. The minimum Gasteiger partial charge on any atom is -0.464 e. The fourth-order valence-corrected chi connectivity index (χ4v) is 4.11. The molecule has 0 unspecified atom stereocenters. The normalized spacial score (nSPS) is 22.3. The summed E-state index contributed by atoms with van der Waals surface area (Å²) < 4.78 is 5.31. The van der Waals surface area contributed by atoms with Crippen molar-refractivity contribution in [1.82, 2.24) is 9.97 Å². The average molecular weight is 345 g/mol. The van der Waals surface area contributed by atoms with E-state index in [0.29, 0.717) is 18.5 Å². The molecule has 26 heavy (non-hydrogen) atoms. The van der Waals surface area contributed by atoms with E-state index in [1.54, 1.807) is 0 Å². The zero-order chi connectivity index (χ0) is 17.5. The lowest BCUT2D eigenvalue weighted by atomic mass is 9.95. The van der Waals surface area contributed by atoms with Crippen LogP contribution in [0.3, 0.4) is 0 Å². The van der Waals surface area contributed by atoms with E-state index in [-0.39, 0.29) is 12.0 Å². The van der Waals surface area contributed by atoms with Gasteiger partial charge in [0.2, 0.25) is 5.95 Å². The lowest BCUT2D eigenvalue weighted by Crippen LogP contribution is -2.45. The first kappa shape index (κ1) is 15.3. The minimum absolute atomic E-state index is 0.142. The van der Waals surface area contributed by atoms with Crippen LogP contribution >= 0.6 is 0 Å². The molecule has 0 radical (unpaired) electrons. The lowest BCUT2D eigenvalue weighted by molar-refractivity contribution is -0.150. The number of ether oxygens (including phenoxy) is 1. The Morgan fingerprint density at radius 1 is 0.962 bits per heavy atom. The number of carbonyl (C=O) groups is 1. The monoisotopic (exact) mass is 345 g/mol. The number of cyclic esters (lactones) is 1. The Morgan fingerprint density at radius 2 is 1.77 bits per heavy atom. The van der Waals surface area contributed by atoms with Crippen LogP contribution in [-0.4, -0.2) is 35.1 Å². The minimum atomic E-state index is -0.256. The van der Waals surface area contributed by atoms with E-state index in [1.165, 1.54) is 0 Å². The van der Waals surface area contributed by atoms with Gasteiger partial charge < -0.3 is 9.64 Å². The summed E-state index contributed by atoms with van der Waals surface area (Å²) >= 11 is 0. The Balaban J connectivity index is 1.66. The third-order valence-electron chi connectivity index (χ3n) is 5.39. The van der Waals surface area contributed by atoms with Gasteiger partial charge >= 0.3 is 5.97 Å². The average Bonchev–Trinajstić information content (AvgIpc) is 3.13. The van der Waals surface area contributed by atoms with Gasteiger partial charge in [0.25, 0.3) is 0 Å². The summed E-state index contributed by atoms with van der Waals surface area (Å²) in [5, 5.41) is 1.02. The highest BCUT2D eigenvalue weighted by atomic mass is 16.5. The molecule has 0 spiro atoms. The second kappa shape index (κ2) is 6.09. The molecule has 0 saturated carbocycles. The van der Waals surface area contributed by atoms with Crippen LogP contribution in [0.5, 0.6) is 0 Å². The van der Waals surface area contributed by atoms with Gasteiger partial charge in [-0.3, -0.25) is 0 Å².